The molecule has 86 valence electrons. The van der Waals surface area contributed by atoms with Crippen molar-refractivity contribution < 1.29 is 9.47 Å². The van der Waals surface area contributed by atoms with E-state index in [1.165, 1.54) is 5.56 Å². The number of hydrogen-bond acceptors (Lipinski definition) is 3. The molecule has 2 rings (SSSR count). The molecule has 1 aliphatic rings. The van der Waals surface area contributed by atoms with E-state index in [4.69, 9.17) is 9.47 Å². The molecule has 0 aromatic heterocycles. The molecule has 0 atom stereocenters. The van der Waals surface area contributed by atoms with Crippen LogP contribution in [-0.4, -0.2) is 21.3 Å². The van der Waals surface area contributed by atoms with Crippen LogP contribution < -0.4 is 14.8 Å². The van der Waals surface area contributed by atoms with Gasteiger partial charge in [0.15, 0.2) is 0 Å². The maximum Gasteiger partial charge on any atom is 0.132 e. The number of benzene rings is 1. The van der Waals surface area contributed by atoms with Crippen molar-refractivity contribution in [1.82, 2.24) is 5.32 Å². The maximum absolute atomic E-state index is 5.43. The third-order valence-corrected chi connectivity index (χ3v) is 2.91. The van der Waals surface area contributed by atoms with Crippen molar-refractivity contribution in [1.29, 1.82) is 0 Å². The van der Waals surface area contributed by atoms with E-state index in [1.807, 2.05) is 13.1 Å². The van der Waals surface area contributed by atoms with Crippen LogP contribution in [-0.2, 0) is 6.42 Å². The summed E-state index contributed by atoms with van der Waals surface area (Å²) in [6, 6.07) is 4.01. The van der Waals surface area contributed by atoms with E-state index in [2.05, 4.69) is 17.5 Å². The summed E-state index contributed by atoms with van der Waals surface area (Å²) < 4.78 is 10.7. The van der Waals surface area contributed by atoms with Gasteiger partial charge in [0.05, 0.1) is 14.2 Å². The summed E-state index contributed by atoms with van der Waals surface area (Å²) in [5.41, 5.74) is 3.58. The fourth-order valence-corrected chi connectivity index (χ4v) is 2.13. The van der Waals surface area contributed by atoms with Gasteiger partial charge >= 0.3 is 0 Å². The van der Waals surface area contributed by atoms with Crippen LogP contribution in [0, 0.1) is 0 Å². The lowest BCUT2D eigenvalue weighted by Gasteiger charge is -2.21. The van der Waals surface area contributed by atoms with E-state index in [1.54, 1.807) is 14.2 Å². The Balaban J connectivity index is 2.57. The van der Waals surface area contributed by atoms with Crippen molar-refractivity contribution in [3.8, 4) is 11.5 Å². The van der Waals surface area contributed by atoms with Crippen LogP contribution in [0.3, 0.4) is 0 Å². The van der Waals surface area contributed by atoms with E-state index in [9.17, 15) is 0 Å². The highest BCUT2D eigenvalue weighted by Gasteiger charge is 2.18. The highest BCUT2D eigenvalue weighted by atomic mass is 16.5. The van der Waals surface area contributed by atoms with E-state index >= 15 is 0 Å². The van der Waals surface area contributed by atoms with Crippen LogP contribution >= 0.6 is 0 Å². The van der Waals surface area contributed by atoms with Gasteiger partial charge in [0.2, 0.25) is 0 Å². The van der Waals surface area contributed by atoms with Gasteiger partial charge in [-0.15, -0.1) is 0 Å². The first-order valence-corrected chi connectivity index (χ1v) is 5.43. The van der Waals surface area contributed by atoms with E-state index < -0.39 is 0 Å². The Bertz CT molecular complexity index is 424. The van der Waals surface area contributed by atoms with Gasteiger partial charge in [-0.2, -0.15) is 0 Å². The Morgan fingerprint density at radius 3 is 2.62 bits per heavy atom. The first-order valence-electron chi connectivity index (χ1n) is 5.43. The van der Waals surface area contributed by atoms with Crippen LogP contribution in [0.5, 0.6) is 11.5 Å². The molecule has 1 aromatic carbocycles. The predicted molar refractivity (Wildman–Crippen MR) is 64.9 cm³/mol. The molecule has 0 amide bonds. The van der Waals surface area contributed by atoms with Gasteiger partial charge in [0.25, 0.3) is 0 Å². The fourth-order valence-electron chi connectivity index (χ4n) is 2.13. The zero-order chi connectivity index (χ0) is 11.5. The van der Waals surface area contributed by atoms with Crippen LogP contribution in [0.25, 0.3) is 5.70 Å². The van der Waals surface area contributed by atoms with Gasteiger partial charge in [-0.3, -0.25) is 0 Å². The van der Waals surface area contributed by atoms with Crippen molar-refractivity contribution in [2.45, 2.75) is 12.8 Å². The Morgan fingerprint density at radius 2 is 2.00 bits per heavy atom. The molecule has 0 radical (unpaired) electrons. The minimum Gasteiger partial charge on any atom is -0.497 e. The minimum atomic E-state index is 0.855. The zero-order valence-electron chi connectivity index (χ0n) is 9.96. The summed E-state index contributed by atoms with van der Waals surface area (Å²) in [6.45, 7) is 0. The number of ether oxygens (including phenoxy) is 2. The Kier molecular flexibility index (Phi) is 3.04. The molecule has 0 aliphatic heterocycles. The second-order valence-corrected chi connectivity index (χ2v) is 3.77. The zero-order valence-corrected chi connectivity index (χ0v) is 9.96. The normalized spacial score (nSPS) is 13.8. The number of methoxy groups -OCH3 is 2. The van der Waals surface area contributed by atoms with Gasteiger partial charge in [0, 0.05) is 24.4 Å². The van der Waals surface area contributed by atoms with Crippen molar-refractivity contribution in [2.24, 2.45) is 0 Å². The molecule has 0 saturated heterocycles. The monoisotopic (exact) mass is 219 g/mol. The average molecular weight is 219 g/mol. The van der Waals surface area contributed by atoms with Crippen molar-refractivity contribution in [3.05, 3.63) is 29.3 Å². The molecular formula is C13H17NO2. The van der Waals surface area contributed by atoms with Crippen molar-refractivity contribution >= 4 is 5.70 Å². The highest BCUT2D eigenvalue weighted by Crippen LogP contribution is 2.36. The average Bonchev–Trinajstić information content (AvgIpc) is 2.36. The van der Waals surface area contributed by atoms with Crippen molar-refractivity contribution in [2.75, 3.05) is 21.3 Å². The molecule has 0 bridgehead atoms. The van der Waals surface area contributed by atoms with Crippen LogP contribution in [0.1, 0.15) is 17.5 Å². The van der Waals surface area contributed by atoms with Gasteiger partial charge in [0.1, 0.15) is 11.5 Å². The minimum absolute atomic E-state index is 0.855. The Hall–Kier alpha value is -1.64. The number of allylic oxidation sites excluding steroid dienone is 1. The lowest BCUT2D eigenvalue weighted by Crippen LogP contribution is -2.12. The standard InChI is InChI=1S/C13H17NO2/c1-14-11-6-4-5-9-7-10(15-2)8-12(16-3)13(9)11/h6-8,14H,4-5H2,1-3H3. The summed E-state index contributed by atoms with van der Waals surface area (Å²) in [4.78, 5) is 0. The molecule has 1 N–H and O–H groups in total. The number of rotatable bonds is 3. The topological polar surface area (TPSA) is 30.5 Å². The Labute approximate surface area is 96.1 Å². The molecule has 0 unspecified atom stereocenters. The lowest BCUT2D eigenvalue weighted by molar-refractivity contribution is 0.392. The summed E-state index contributed by atoms with van der Waals surface area (Å²) in [5.74, 6) is 1.72. The Morgan fingerprint density at radius 1 is 1.19 bits per heavy atom. The van der Waals surface area contributed by atoms with Crippen LogP contribution in [0.2, 0.25) is 0 Å². The van der Waals surface area contributed by atoms with Gasteiger partial charge in [-0.05, 0) is 24.5 Å². The van der Waals surface area contributed by atoms with Gasteiger partial charge in [-0.25, -0.2) is 0 Å². The second-order valence-electron chi connectivity index (χ2n) is 3.77. The predicted octanol–water partition coefficient (Wildman–Crippen LogP) is 2.21. The first kappa shape index (κ1) is 10.9. The van der Waals surface area contributed by atoms with Crippen molar-refractivity contribution in [3.63, 3.8) is 0 Å². The third-order valence-electron chi connectivity index (χ3n) is 2.91. The lowest BCUT2D eigenvalue weighted by atomic mass is 9.93. The van der Waals surface area contributed by atoms with Gasteiger partial charge < -0.3 is 14.8 Å². The molecule has 3 nitrogen and oxygen atoms in total. The number of fused-ring (bicyclic) bond motifs is 1. The van der Waals surface area contributed by atoms with Gasteiger partial charge in [-0.1, -0.05) is 6.08 Å². The molecule has 0 saturated carbocycles. The van der Waals surface area contributed by atoms with E-state index in [0.717, 1.165) is 35.6 Å². The summed E-state index contributed by atoms with van der Waals surface area (Å²) in [6.07, 6.45) is 4.30. The molecule has 0 fully saturated rings. The summed E-state index contributed by atoms with van der Waals surface area (Å²) in [5, 5.41) is 3.21. The first-order chi connectivity index (χ1) is 7.80. The van der Waals surface area contributed by atoms with Crippen LogP contribution in [0.15, 0.2) is 18.2 Å². The molecule has 1 aromatic rings. The molecule has 1 aliphatic carbocycles. The second kappa shape index (κ2) is 4.47. The third kappa shape index (κ3) is 1.73. The fraction of sp³-hybridized carbons (Fsp3) is 0.385. The molecule has 3 heteroatoms. The summed E-state index contributed by atoms with van der Waals surface area (Å²) in [7, 11) is 5.31. The molecule has 0 heterocycles. The molecule has 0 spiro atoms. The summed E-state index contributed by atoms with van der Waals surface area (Å²) >= 11 is 0. The molecule has 16 heavy (non-hydrogen) atoms. The molecular weight excluding hydrogens is 202 g/mol. The largest absolute Gasteiger partial charge is 0.497 e. The quantitative estimate of drug-likeness (QED) is 0.845. The smallest absolute Gasteiger partial charge is 0.132 e. The highest BCUT2D eigenvalue weighted by molar-refractivity contribution is 5.74. The maximum atomic E-state index is 5.43. The van der Waals surface area contributed by atoms with E-state index in [-0.39, 0.29) is 0 Å². The SMILES string of the molecule is CNC1=CCCc2cc(OC)cc(OC)c21. The number of aryl methyl sites for hydroxylation is 1. The number of hydrogen-bond donors (Lipinski definition) is 1. The number of nitrogens with one attached hydrogen (secondary N) is 1. The van der Waals surface area contributed by atoms with E-state index in [0.29, 0.717) is 0 Å². The van der Waals surface area contributed by atoms with Crippen LogP contribution in [0.4, 0.5) is 0 Å².